The maximum atomic E-state index is 5.19. The lowest BCUT2D eigenvalue weighted by Crippen LogP contribution is -2.21. The highest BCUT2D eigenvalue weighted by Gasteiger charge is 2.01. The van der Waals surface area contributed by atoms with Gasteiger partial charge in [0.05, 0.1) is 16.8 Å². The van der Waals surface area contributed by atoms with Gasteiger partial charge in [0.1, 0.15) is 0 Å². The molecule has 0 aliphatic heterocycles. The fraction of sp³-hybridized carbons (Fsp3) is 0.0833. The van der Waals surface area contributed by atoms with Crippen LogP contribution in [0.3, 0.4) is 0 Å². The van der Waals surface area contributed by atoms with Crippen LogP contribution in [0.2, 0.25) is 0 Å². The normalized spacial score (nSPS) is 10.7. The van der Waals surface area contributed by atoms with Crippen LogP contribution in [0.1, 0.15) is 11.3 Å². The molecular formula is C12H13N5S. The third-order valence-corrected chi connectivity index (χ3v) is 3.11. The van der Waals surface area contributed by atoms with Crippen molar-refractivity contribution in [2.75, 3.05) is 0 Å². The van der Waals surface area contributed by atoms with E-state index >= 15 is 0 Å². The van der Waals surface area contributed by atoms with Crippen LogP contribution in [-0.4, -0.2) is 16.5 Å². The predicted molar refractivity (Wildman–Crippen MR) is 75.7 cm³/mol. The number of hydrogen-bond acceptors (Lipinski definition) is 4. The Morgan fingerprint density at radius 3 is 2.83 bits per heavy atom. The first-order valence-electron chi connectivity index (χ1n) is 5.31. The summed E-state index contributed by atoms with van der Waals surface area (Å²) in [7, 11) is 0. The Kier molecular flexibility index (Phi) is 3.69. The van der Waals surface area contributed by atoms with Crippen molar-refractivity contribution in [3.05, 3.63) is 41.6 Å². The van der Waals surface area contributed by atoms with Gasteiger partial charge in [-0.1, -0.05) is 18.2 Å². The van der Waals surface area contributed by atoms with Crippen LogP contribution in [0.15, 0.2) is 40.5 Å². The highest BCUT2D eigenvalue weighted by atomic mass is 32.1. The Bertz CT molecular complexity index is 596. The molecule has 1 aromatic carbocycles. The van der Waals surface area contributed by atoms with Gasteiger partial charge in [-0.15, -0.1) is 5.10 Å². The zero-order chi connectivity index (χ0) is 13.0. The average molecular weight is 259 g/mol. The molecule has 4 N–H and O–H groups in total. The van der Waals surface area contributed by atoms with Gasteiger partial charge in [-0.2, -0.15) is 9.47 Å². The zero-order valence-corrected chi connectivity index (χ0v) is 10.7. The molecule has 0 fully saturated rings. The number of nitrogens with two attached hydrogens (primary N) is 2. The van der Waals surface area contributed by atoms with Crippen molar-refractivity contribution in [3.8, 4) is 10.4 Å². The van der Waals surface area contributed by atoms with Crippen LogP contribution in [0.25, 0.3) is 10.4 Å². The van der Waals surface area contributed by atoms with E-state index in [2.05, 4.69) is 20.6 Å². The smallest absolute Gasteiger partial charge is 0.211 e. The maximum Gasteiger partial charge on any atom is 0.211 e. The number of guanidine groups is 1. The van der Waals surface area contributed by atoms with Crippen molar-refractivity contribution in [1.29, 1.82) is 0 Å². The molecule has 18 heavy (non-hydrogen) atoms. The molecule has 1 heterocycles. The lowest BCUT2D eigenvalue weighted by molar-refractivity contribution is 1.21. The third kappa shape index (κ3) is 3.14. The first kappa shape index (κ1) is 12.3. The molecule has 0 unspecified atom stereocenters. The number of nitrogens with zero attached hydrogens (tertiary/aromatic N) is 3. The van der Waals surface area contributed by atoms with Gasteiger partial charge in [0.25, 0.3) is 0 Å². The average Bonchev–Trinajstić information content (AvgIpc) is 2.76. The number of aryl methyl sites for hydroxylation is 1. The van der Waals surface area contributed by atoms with Crippen LogP contribution in [0, 0.1) is 6.92 Å². The zero-order valence-electron chi connectivity index (χ0n) is 9.87. The van der Waals surface area contributed by atoms with Crippen LogP contribution in [0.5, 0.6) is 0 Å². The topological polar surface area (TPSA) is 89.6 Å². The Hall–Kier alpha value is -2.21. The molecule has 0 saturated heterocycles. The van der Waals surface area contributed by atoms with E-state index in [0.29, 0.717) is 0 Å². The molecular weight excluding hydrogens is 246 g/mol. The quantitative estimate of drug-likeness (QED) is 0.499. The van der Waals surface area contributed by atoms with E-state index in [1.807, 2.05) is 31.2 Å². The van der Waals surface area contributed by atoms with Gasteiger partial charge in [0.15, 0.2) is 0 Å². The van der Waals surface area contributed by atoms with Crippen LogP contribution >= 0.6 is 11.5 Å². The van der Waals surface area contributed by atoms with Crippen molar-refractivity contribution in [2.24, 2.45) is 21.7 Å². The molecule has 0 amide bonds. The van der Waals surface area contributed by atoms with Crippen LogP contribution in [0.4, 0.5) is 0 Å². The second-order valence-electron chi connectivity index (χ2n) is 3.73. The minimum absolute atomic E-state index is 0.0551. The molecule has 0 radical (unpaired) electrons. The second-order valence-corrected chi connectivity index (χ2v) is 4.53. The fourth-order valence-electron chi connectivity index (χ4n) is 1.43. The fourth-order valence-corrected chi connectivity index (χ4v) is 2.18. The van der Waals surface area contributed by atoms with E-state index in [0.717, 1.165) is 21.7 Å². The largest absolute Gasteiger partial charge is 0.369 e. The summed E-state index contributed by atoms with van der Waals surface area (Å²) in [5.41, 5.74) is 13.4. The van der Waals surface area contributed by atoms with Crippen molar-refractivity contribution < 1.29 is 0 Å². The highest BCUT2D eigenvalue weighted by Crippen LogP contribution is 2.24. The molecule has 2 rings (SSSR count). The molecule has 0 spiro atoms. The predicted octanol–water partition coefficient (Wildman–Crippen LogP) is 1.73. The number of benzene rings is 1. The molecule has 5 nitrogen and oxygen atoms in total. The summed E-state index contributed by atoms with van der Waals surface area (Å²) in [6, 6.07) is 9.99. The molecule has 0 saturated carbocycles. The summed E-state index contributed by atoms with van der Waals surface area (Å²) in [5, 5.41) is 7.34. The molecule has 0 aliphatic rings. The van der Waals surface area contributed by atoms with E-state index in [-0.39, 0.29) is 5.96 Å². The summed E-state index contributed by atoms with van der Waals surface area (Å²) >= 11 is 1.48. The SMILES string of the molecule is Cc1cc(-c2cccc(C=NN=C(N)N)c2)sn1. The molecule has 0 aliphatic carbocycles. The lowest BCUT2D eigenvalue weighted by Gasteiger charge is -1.97. The number of rotatable bonds is 3. The van der Waals surface area contributed by atoms with Crippen molar-refractivity contribution in [1.82, 2.24) is 4.37 Å². The van der Waals surface area contributed by atoms with Gasteiger partial charge >= 0.3 is 0 Å². The summed E-state index contributed by atoms with van der Waals surface area (Å²) in [5.74, 6) is -0.0551. The van der Waals surface area contributed by atoms with Gasteiger partial charge in [0.2, 0.25) is 5.96 Å². The second kappa shape index (κ2) is 5.42. The van der Waals surface area contributed by atoms with E-state index < -0.39 is 0 Å². The first-order valence-corrected chi connectivity index (χ1v) is 6.08. The highest BCUT2D eigenvalue weighted by molar-refractivity contribution is 7.09. The van der Waals surface area contributed by atoms with Crippen molar-refractivity contribution in [2.45, 2.75) is 6.92 Å². The van der Waals surface area contributed by atoms with Gasteiger partial charge in [-0.25, -0.2) is 0 Å². The van der Waals surface area contributed by atoms with E-state index in [1.165, 1.54) is 11.5 Å². The minimum Gasteiger partial charge on any atom is -0.369 e. The third-order valence-electron chi connectivity index (χ3n) is 2.18. The summed E-state index contributed by atoms with van der Waals surface area (Å²) in [4.78, 5) is 1.13. The van der Waals surface area contributed by atoms with Crippen molar-refractivity contribution in [3.63, 3.8) is 0 Å². The van der Waals surface area contributed by atoms with Crippen LogP contribution < -0.4 is 11.5 Å². The summed E-state index contributed by atoms with van der Waals surface area (Å²) < 4.78 is 4.26. The molecule has 0 atom stereocenters. The monoisotopic (exact) mass is 259 g/mol. The molecule has 6 heteroatoms. The van der Waals surface area contributed by atoms with E-state index in [4.69, 9.17) is 11.5 Å². The number of hydrogen-bond donors (Lipinski definition) is 2. The molecule has 0 bridgehead atoms. The van der Waals surface area contributed by atoms with Gasteiger partial charge in [-0.05, 0) is 41.7 Å². The summed E-state index contributed by atoms with van der Waals surface area (Å²) in [6.45, 7) is 1.98. The molecule has 1 aromatic heterocycles. The number of aromatic nitrogens is 1. The van der Waals surface area contributed by atoms with Gasteiger partial charge < -0.3 is 11.5 Å². The maximum absolute atomic E-state index is 5.19. The molecule has 92 valence electrons. The Labute approximate surface area is 109 Å². The van der Waals surface area contributed by atoms with Crippen molar-refractivity contribution >= 4 is 23.7 Å². The lowest BCUT2D eigenvalue weighted by atomic mass is 10.1. The Balaban J connectivity index is 2.25. The molecule has 2 aromatic rings. The summed E-state index contributed by atoms with van der Waals surface area (Å²) in [6.07, 6.45) is 1.61. The Morgan fingerprint density at radius 2 is 2.17 bits per heavy atom. The minimum atomic E-state index is -0.0551. The Morgan fingerprint density at radius 1 is 1.33 bits per heavy atom. The first-order chi connectivity index (χ1) is 8.65. The standard InChI is InChI=1S/C12H13N5S/c1-8-5-11(18-17-8)10-4-2-3-9(6-10)7-15-16-12(13)14/h2-7H,1H3,(H4,13,14,16). The van der Waals surface area contributed by atoms with Crippen LogP contribution in [-0.2, 0) is 0 Å². The van der Waals surface area contributed by atoms with Gasteiger partial charge in [0, 0.05) is 0 Å². The van der Waals surface area contributed by atoms with E-state index in [9.17, 15) is 0 Å². The van der Waals surface area contributed by atoms with Gasteiger partial charge in [-0.3, -0.25) is 0 Å². The van der Waals surface area contributed by atoms with E-state index in [1.54, 1.807) is 6.21 Å².